The number of hydrogen-bond acceptors (Lipinski definition) is 4. The second-order valence-electron chi connectivity index (χ2n) is 14.1. The minimum atomic E-state index is -4.64. The quantitative estimate of drug-likeness (QED) is 0.104. The molecule has 11 heteroatoms. The number of fused-ring (bicyclic) bond motifs is 3. The fourth-order valence-electron chi connectivity index (χ4n) is 8.76. The first-order chi connectivity index (χ1) is 23.7. The normalized spacial score (nSPS) is 25.6. The number of carbonyl (C=O) groups is 1. The minimum absolute atomic E-state index is 0.157. The Morgan fingerprint density at radius 2 is 1.14 bits per heavy atom. The van der Waals surface area contributed by atoms with Crippen molar-refractivity contribution < 1.29 is 45.3 Å². The molecule has 9 rings (SSSR count). The fraction of sp³-hybridized carbons (Fsp3) is 0.359. The molecule has 4 aromatic rings. The molecule has 4 bridgehead atoms. The van der Waals surface area contributed by atoms with E-state index in [9.17, 15) is 31.1 Å². The molecule has 0 atom stereocenters. The van der Waals surface area contributed by atoms with Crippen LogP contribution in [0.3, 0.4) is 0 Å². The summed E-state index contributed by atoms with van der Waals surface area (Å²) < 4.78 is 99.2. The van der Waals surface area contributed by atoms with E-state index in [4.69, 9.17) is 14.2 Å². The van der Waals surface area contributed by atoms with Gasteiger partial charge >= 0.3 is 18.3 Å². The van der Waals surface area contributed by atoms with Crippen LogP contribution in [0.1, 0.15) is 50.2 Å². The predicted octanol–water partition coefficient (Wildman–Crippen LogP) is 11.1. The summed E-state index contributed by atoms with van der Waals surface area (Å²) in [6, 6.07) is 20.4. The standard InChI is InChI=1S/C39H34F6O4S/c1-37(26-15-22-14-23(17-26)18-27(37)16-22)49-36(46)21-47-28-4-6-29(7-5-28)48-30-8-10-31(11-9-30)50-34-12-2-24(38(40,41)42)19-32(34)33-20-25(39(43,44)45)3-13-35(33)50/h2-13,19-20,22-23,26-27,50H,14-18,21H2,1H3. The molecule has 4 saturated carbocycles. The van der Waals surface area contributed by atoms with Gasteiger partial charge in [0.1, 0.15) is 22.8 Å². The smallest absolute Gasteiger partial charge is 0.416 e. The summed E-state index contributed by atoms with van der Waals surface area (Å²) in [5.41, 5.74) is -1.93. The second kappa shape index (κ2) is 12.0. The largest absolute Gasteiger partial charge is 0.482 e. The Bertz CT molecular complexity index is 1840. The van der Waals surface area contributed by atoms with Crippen LogP contribution in [0.15, 0.2) is 99.6 Å². The van der Waals surface area contributed by atoms with Crippen molar-refractivity contribution in [3.8, 4) is 28.4 Å². The third-order valence-corrected chi connectivity index (χ3v) is 13.6. The van der Waals surface area contributed by atoms with Crippen LogP contribution in [0.4, 0.5) is 26.3 Å². The first kappa shape index (κ1) is 33.0. The van der Waals surface area contributed by atoms with Gasteiger partial charge in [-0.25, -0.2) is 4.79 Å². The van der Waals surface area contributed by atoms with Crippen LogP contribution in [-0.2, 0) is 21.9 Å². The molecular weight excluding hydrogens is 678 g/mol. The molecule has 4 nitrogen and oxygen atoms in total. The molecule has 0 unspecified atom stereocenters. The van der Waals surface area contributed by atoms with E-state index in [1.807, 2.05) is 0 Å². The Labute approximate surface area is 288 Å². The zero-order valence-corrected chi connectivity index (χ0v) is 27.9. The van der Waals surface area contributed by atoms with Crippen molar-refractivity contribution in [3.05, 3.63) is 96.1 Å². The zero-order chi connectivity index (χ0) is 35.0. The molecule has 0 amide bonds. The van der Waals surface area contributed by atoms with Crippen LogP contribution in [-0.4, -0.2) is 18.2 Å². The highest BCUT2D eigenvalue weighted by molar-refractivity contribution is 8.17. The Kier molecular flexibility index (Phi) is 7.93. The lowest BCUT2D eigenvalue weighted by atomic mass is 9.50. The van der Waals surface area contributed by atoms with Crippen molar-refractivity contribution in [2.75, 3.05) is 6.61 Å². The summed E-state index contributed by atoms with van der Waals surface area (Å²) >= 11 is 0. The van der Waals surface area contributed by atoms with E-state index in [2.05, 4.69) is 6.92 Å². The lowest BCUT2D eigenvalue weighted by Crippen LogP contribution is -2.58. The summed E-state index contributed by atoms with van der Waals surface area (Å²) in [6.07, 6.45) is -3.38. The van der Waals surface area contributed by atoms with Crippen molar-refractivity contribution in [2.24, 2.45) is 23.7 Å². The molecule has 0 aromatic heterocycles. The molecule has 0 radical (unpaired) electrons. The van der Waals surface area contributed by atoms with Crippen molar-refractivity contribution in [2.45, 2.75) is 71.7 Å². The second-order valence-corrected chi connectivity index (χ2v) is 16.3. The molecule has 1 heterocycles. The number of carbonyl (C=O) groups excluding carboxylic acids is 1. The van der Waals surface area contributed by atoms with Crippen molar-refractivity contribution in [1.82, 2.24) is 0 Å². The zero-order valence-electron chi connectivity index (χ0n) is 27.0. The van der Waals surface area contributed by atoms with Crippen LogP contribution >= 0.6 is 10.9 Å². The average molecular weight is 713 g/mol. The molecule has 0 saturated heterocycles. The molecule has 4 aromatic carbocycles. The van der Waals surface area contributed by atoms with Crippen LogP contribution in [0.2, 0.25) is 0 Å². The fourth-order valence-corrected chi connectivity index (χ4v) is 11.3. The van der Waals surface area contributed by atoms with Crippen molar-refractivity contribution >= 4 is 16.9 Å². The maximum absolute atomic E-state index is 13.6. The van der Waals surface area contributed by atoms with Gasteiger partial charge in [-0.3, -0.25) is 0 Å². The summed E-state index contributed by atoms with van der Waals surface area (Å²) in [5.74, 6) is 3.53. The number of alkyl halides is 6. The molecule has 50 heavy (non-hydrogen) atoms. The summed E-state index contributed by atoms with van der Waals surface area (Å²) in [5, 5.41) is 0. The van der Waals surface area contributed by atoms with Gasteiger partial charge in [-0.15, -0.1) is 0 Å². The number of esters is 1. The van der Waals surface area contributed by atoms with Crippen LogP contribution < -0.4 is 9.47 Å². The van der Waals surface area contributed by atoms with Crippen LogP contribution in [0.5, 0.6) is 17.2 Å². The molecule has 1 aliphatic heterocycles. The number of benzene rings is 4. The van der Waals surface area contributed by atoms with Gasteiger partial charge in [-0.1, -0.05) is 0 Å². The van der Waals surface area contributed by atoms with Gasteiger partial charge in [-0.2, -0.15) is 37.2 Å². The van der Waals surface area contributed by atoms with Gasteiger partial charge in [0, 0.05) is 9.79 Å². The van der Waals surface area contributed by atoms with Gasteiger partial charge in [-0.05, 0) is 164 Å². The van der Waals surface area contributed by atoms with Crippen LogP contribution in [0.25, 0.3) is 11.1 Å². The summed E-state index contributed by atoms with van der Waals surface area (Å²) in [4.78, 5) is 14.7. The number of hydrogen-bond donors (Lipinski definition) is 1. The van der Waals surface area contributed by atoms with Gasteiger partial charge in [0.05, 0.1) is 11.1 Å². The minimum Gasteiger partial charge on any atom is -0.482 e. The topological polar surface area (TPSA) is 44.8 Å². The van der Waals surface area contributed by atoms with E-state index in [1.165, 1.54) is 18.6 Å². The van der Waals surface area contributed by atoms with Crippen LogP contribution in [0, 0.1) is 23.7 Å². The highest BCUT2D eigenvalue weighted by atomic mass is 32.2. The van der Waals surface area contributed by atoms with E-state index in [1.54, 1.807) is 48.5 Å². The monoisotopic (exact) mass is 712 g/mol. The molecule has 262 valence electrons. The lowest BCUT2D eigenvalue weighted by molar-refractivity contribution is -0.204. The predicted molar refractivity (Wildman–Crippen MR) is 176 cm³/mol. The SMILES string of the molecule is CC1(OC(=O)COc2ccc(Oc3ccc([SH]4c5ccc(C(F)(F)F)cc5-c5cc(C(F)(F)F)ccc54)cc3)cc2)C2CC3CC(C2)CC1C3. The number of thiol groups is 1. The van der Waals surface area contributed by atoms with Crippen molar-refractivity contribution in [1.29, 1.82) is 0 Å². The maximum atomic E-state index is 13.6. The summed E-state index contributed by atoms with van der Waals surface area (Å²) in [7, 11) is -1.41. The molecule has 4 fully saturated rings. The number of rotatable bonds is 7. The third kappa shape index (κ3) is 6.01. The highest BCUT2D eigenvalue weighted by Crippen LogP contribution is 2.64. The molecule has 4 aliphatic carbocycles. The molecular formula is C39H34F6O4S. The first-order valence-corrected chi connectivity index (χ1v) is 18.0. The Hall–Kier alpha value is -4.12. The summed E-state index contributed by atoms with van der Waals surface area (Å²) in [6.45, 7) is 1.91. The Balaban J connectivity index is 0.933. The Morgan fingerprint density at radius 3 is 1.62 bits per heavy atom. The first-order valence-electron chi connectivity index (χ1n) is 16.7. The molecule has 5 aliphatic rings. The average Bonchev–Trinajstić information content (AvgIpc) is 3.39. The lowest BCUT2D eigenvalue weighted by Gasteiger charge is -2.59. The Morgan fingerprint density at radius 1 is 0.680 bits per heavy atom. The van der Waals surface area contributed by atoms with Gasteiger partial charge in [0.2, 0.25) is 0 Å². The highest BCUT2D eigenvalue weighted by Gasteiger charge is 2.57. The van der Waals surface area contributed by atoms with E-state index >= 15 is 0 Å². The van der Waals surface area contributed by atoms with E-state index in [-0.39, 0.29) is 23.7 Å². The number of halogens is 6. The van der Waals surface area contributed by atoms with Gasteiger partial charge in [0.15, 0.2) is 6.61 Å². The molecule has 0 spiro atoms. The maximum Gasteiger partial charge on any atom is 0.416 e. The number of ether oxygens (including phenoxy) is 3. The van der Waals surface area contributed by atoms with Gasteiger partial charge < -0.3 is 14.2 Å². The van der Waals surface area contributed by atoms with E-state index in [0.717, 1.165) is 66.7 Å². The van der Waals surface area contributed by atoms with Crippen molar-refractivity contribution in [3.63, 3.8) is 0 Å². The molecule has 0 N–H and O–H groups in total. The van der Waals surface area contributed by atoms with E-state index in [0.29, 0.717) is 38.9 Å². The third-order valence-electron chi connectivity index (χ3n) is 11.0. The van der Waals surface area contributed by atoms with Gasteiger partial charge in [0.25, 0.3) is 0 Å². The van der Waals surface area contributed by atoms with E-state index < -0.39 is 40.0 Å².